The largest absolute Gasteiger partial charge is 0.308 e. The molecule has 0 aliphatic heterocycles. The van der Waals surface area contributed by atoms with Crippen LogP contribution in [0.3, 0.4) is 0 Å². The molecule has 1 aromatic rings. The molecule has 0 N–H and O–H groups in total. The van der Waals surface area contributed by atoms with Gasteiger partial charge in [-0.05, 0) is 26.7 Å². The van der Waals surface area contributed by atoms with Gasteiger partial charge < -0.3 is 4.90 Å². The molecule has 3 nitrogen and oxygen atoms in total. The van der Waals surface area contributed by atoms with Crippen molar-refractivity contribution in [2.45, 2.75) is 6.04 Å². The molecule has 0 aliphatic rings. The van der Waals surface area contributed by atoms with Crippen molar-refractivity contribution < 1.29 is 0 Å². The molecular weight excluding hydrogens is 198 g/mol. The minimum absolute atomic E-state index is 0.152. The Balaban J connectivity index is 2.65. The molecule has 0 spiro atoms. The molecule has 16 heavy (non-hydrogen) atoms. The summed E-state index contributed by atoms with van der Waals surface area (Å²) in [5.41, 5.74) is 1.06. The summed E-state index contributed by atoms with van der Waals surface area (Å²) in [6.07, 6.45) is 0. The zero-order chi connectivity index (χ0) is 12.0. The Labute approximate surface area is 97.9 Å². The standard InChI is InChI=1S/C13H19N3/c1-15(2)9-10-16(3)13(11-14)12-7-5-4-6-8-12/h4-8,13H,9-10H2,1-3H3. The first-order valence-electron chi connectivity index (χ1n) is 5.44. The normalized spacial score (nSPS) is 12.8. The SMILES string of the molecule is CN(C)CCN(C)C(C#N)c1ccccc1. The molecule has 3 heteroatoms. The molecule has 0 heterocycles. The summed E-state index contributed by atoms with van der Waals surface area (Å²) < 4.78 is 0. The lowest BCUT2D eigenvalue weighted by Crippen LogP contribution is -2.31. The minimum atomic E-state index is -0.152. The Hall–Kier alpha value is -1.37. The first kappa shape index (κ1) is 12.7. The molecule has 0 amide bonds. The van der Waals surface area contributed by atoms with Gasteiger partial charge in [0.15, 0.2) is 0 Å². The molecular formula is C13H19N3. The molecule has 1 rings (SSSR count). The van der Waals surface area contributed by atoms with E-state index in [4.69, 9.17) is 0 Å². The number of benzene rings is 1. The van der Waals surface area contributed by atoms with Gasteiger partial charge in [-0.25, -0.2) is 0 Å². The third-order valence-electron chi connectivity index (χ3n) is 2.58. The van der Waals surface area contributed by atoms with Crippen LogP contribution < -0.4 is 0 Å². The maximum absolute atomic E-state index is 9.21. The molecule has 1 atom stereocenters. The predicted octanol–water partition coefficient (Wildman–Crippen LogP) is 1.74. The average Bonchev–Trinajstić information content (AvgIpc) is 2.29. The van der Waals surface area contributed by atoms with E-state index in [1.165, 1.54) is 0 Å². The van der Waals surface area contributed by atoms with E-state index < -0.39 is 0 Å². The zero-order valence-electron chi connectivity index (χ0n) is 10.2. The van der Waals surface area contributed by atoms with Crippen LogP contribution in [0.2, 0.25) is 0 Å². The fourth-order valence-electron chi connectivity index (χ4n) is 1.55. The lowest BCUT2D eigenvalue weighted by Gasteiger charge is -2.24. The van der Waals surface area contributed by atoms with Crippen LogP contribution in [-0.4, -0.2) is 44.0 Å². The summed E-state index contributed by atoms with van der Waals surface area (Å²) in [6, 6.07) is 12.1. The zero-order valence-corrected chi connectivity index (χ0v) is 10.2. The Morgan fingerprint density at radius 1 is 1.12 bits per heavy atom. The lowest BCUT2D eigenvalue weighted by molar-refractivity contribution is 0.253. The molecule has 0 aliphatic carbocycles. The van der Waals surface area contributed by atoms with Gasteiger partial charge >= 0.3 is 0 Å². The highest BCUT2D eigenvalue weighted by atomic mass is 15.2. The van der Waals surface area contributed by atoms with Crippen molar-refractivity contribution in [1.82, 2.24) is 9.80 Å². The van der Waals surface area contributed by atoms with E-state index in [-0.39, 0.29) is 6.04 Å². The van der Waals surface area contributed by atoms with E-state index >= 15 is 0 Å². The van der Waals surface area contributed by atoms with Crippen LogP contribution in [0, 0.1) is 11.3 Å². The van der Waals surface area contributed by atoms with E-state index in [0.29, 0.717) is 0 Å². The van der Waals surface area contributed by atoms with Gasteiger partial charge in [-0.15, -0.1) is 0 Å². The fourth-order valence-corrected chi connectivity index (χ4v) is 1.55. The second-order valence-electron chi connectivity index (χ2n) is 4.23. The van der Waals surface area contributed by atoms with Crippen molar-refractivity contribution in [3.05, 3.63) is 35.9 Å². The number of nitrogens with zero attached hydrogens (tertiary/aromatic N) is 3. The highest BCUT2D eigenvalue weighted by Gasteiger charge is 2.15. The Morgan fingerprint density at radius 2 is 1.75 bits per heavy atom. The van der Waals surface area contributed by atoms with Gasteiger partial charge in [0.2, 0.25) is 0 Å². The molecule has 0 saturated heterocycles. The fraction of sp³-hybridized carbons (Fsp3) is 0.462. The quantitative estimate of drug-likeness (QED) is 0.752. The number of nitriles is 1. The molecule has 0 aromatic heterocycles. The van der Waals surface area contributed by atoms with E-state index in [9.17, 15) is 5.26 Å². The molecule has 0 bridgehead atoms. The van der Waals surface area contributed by atoms with Crippen LogP contribution in [0.4, 0.5) is 0 Å². The van der Waals surface area contributed by atoms with Crippen molar-refractivity contribution in [3.8, 4) is 6.07 Å². The van der Waals surface area contributed by atoms with Crippen molar-refractivity contribution in [1.29, 1.82) is 5.26 Å². The summed E-state index contributed by atoms with van der Waals surface area (Å²) in [6.45, 7) is 1.85. The van der Waals surface area contributed by atoms with E-state index in [1.807, 2.05) is 51.5 Å². The van der Waals surface area contributed by atoms with Gasteiger partial charge in [-0.2, -0.15) is 5.26 Å². The van der Waals surface area contributed by atoms with Crippen molar-refractivity contribution in [2.24, 2.45) is 0 Å². The number of hydrogen-bond acceptors (Lipinski definition) is 3. The van der Waals surface area contributed by atoms with Gasteiger partial charge in [0.05, 0.1) is 6.07 Å². The van der Waals surface area contributed by atoms with Crippen molar-refractivity contribution in [2.75, 3.05) is 34.2 Å². The monoisotopic (exact) mass is 217 g/mol. The number of rotatable bonds is 5. The average molecular weight is 217 g/mol. The lowest BCUT2D eigenvalue weighted by atomic mass is 10.1. The van der Waals surface area contributed by atoms with Crippen LogP contribution in [0.1, 0.15) is 11.6 Å². The summed E-state index contributed by atoms with van der Waals surface area (Å²) in [7, 11) is 6.07. The van der Waals surface area contributed by atoms with Gasteiger partial charge in [-0.3, -0.25) is 4.90 Å². The molecule has 0 saturated carbocycles. The first-order valence-corrected chi connectivity index (χ1v) is 5.44. The Kier molecular flexibility index (Phi) is 4.97. The van der Waals surface area contributed by atoms with Crippen LogP contribution >= 0.6 is 0 Å². The Morgan fingerprint density at radius 3 is 2.25 bits per heavy atom. The van der Waals surface area contributed by atoms with Crippen LogP contribution in [0.15, 0.2) is 30.3 Å². The summed E-state index contributed by atoms with van der Waals surface area (Å²) in [4.78, 5) is 4.20. The van der Waals surface area contributed by atoms with Crippen molar-refractivity contribution in [3.63, 3.8) is 0 Å². The number of likely N-dealkylation sites (N-methyl/N-ethyl adjacent to an activating group) is 2. The van der Waals surface area contributed by atoms with E-state index in [1.54, 1.807) is 0 Å². The summed E-state index contributed by atoms with van der Waals surface area (Å²) >= 11 is 0. The van der Waals surface area contributed by atoms with Crippen LogP contribution in [-0.2, 0) is 0 Å². The third-order valence-corrected chi connectivity index (χ3v) is 2.58. The van der Waals surface area contributed by atoms with Gasteiger partial charge in [0.1, 0.15) is 6.04 Å². The van der Waals surface area contributed by atoms with Crippen LogP contribution in [0.25, 0.3) is 0 Å². The Bertz CT molecular complexity index is 340. The second kappa shape index (κ2) is 6.26. The highest BCUT2D eigenvalue weighted by Crippen LogP contribution is 2.17. The van der Waals surface area contributed by atoms with E-state index in [0.717, 1.165) is 18.7 Å². The highest BCUT2D eigenvalue weighted by molar-refractivity contribution is 5.23. The third kappa shape index (κ3) is 3.65. The topological polar surface area (TPSA) is 30.3 Å². The molecule has 1 unspecified atom stereocenters. The summed E-state index contributed by atoms with van der Waals surface area (Å²) in [5.74, 6) is 0. The first-order chi connectivity index (χ1) is 7.65. The smallest absolute Gasteiger partial charge is 0.123 e. The van der Waals surface area contributed by atoms with Gasteiger partial charge in [0.25, 0.3) is 0 Å². The maximum atomic E-state index is 9.21. The minimum Gasteiger partial charge on any atom is -0.308 e. The summed E-state index contributed by atoms with van der Waals surface area (Å²) in [5, 5.41) is 9.21. The predicted molar refractivity (Wildman–Crippen MR) is 66.0 cm³/mol. The van der Waals surface area contributed by atoms with E-state index in [2.05, 4.69) is 15.9 Å². The molecule has 0 radical (unpaired) electrons. The maximum Gasteiger partial charge on any atom is 0.123 e. The molecule has 1 aromatic carbocycles. The van der Waals surface area contributed by atoms with Gasteiger partial charge in [-0.1, -0.05) is 30.3 Å². The van der Waals surface area contributed by atoms with Crippen molar-refractivity contribution >= 4 is 0 Å². The van der Waals surface area contributed by atoms with Gasteiger partial charge in [0, 0.05) is 13.1 Å². The number of hydrogen-bond donors (Lipinski definition) is 0. The van der Waals surface area contributed by atoms with Crippen LogP contribution in [0.5, 0.6) is 0 Å². The molecule has 0 fully saturated rings. The molecule has 86 valence electrons. The second-order valence-corrected chi connectivity index (χ2v) is 4.23.